The van der Waals surface area contributed by atoms with E-state index in [2.05, 4.69) is 20.3 Å². The molecule has 0 aliphatic carbocycles. The number of nitrogens with zero attached hydrogens (tertiary/aromatic N) is 3. The predicted octanol–water partition coefficient (Wildman–Crippen LogP) is 0.435. The van der Waals surface area contributed by atoms with E-state index in [9.17, 15) is 4.79 Å². The Morgan fingerprint density at radius 1 is 1.44 bits per heavy atom. The van der Waals surface area contributed by atoms with Crippen LogP contribution in [0.25, 0.3) is 0 Å². The fraction of sp³-hybridized carbons (Fsp3) is 0.556. The molecule has 18 heavy (non-hydrogen) atoms. The maximum Gasteiger partial charge on any atom is 0.322 e. The summed E-state index contributed by atoms with van der Waals surface area (Å²) in [5, 5.41) is 11.4. The third-order valence-electron chi connectivity index (χ3n) is 1.99. The third-order valence-corrected chi connectivity index (χ3v) is 2.16. The fourth-order valence-electron chi connectivity index (χ4n) is 1.14. The zero-order valence-electron chi connectivity index (χ0n) is 9.88. The first kappa shape index (κ1) is 14.4. The lowest BCUT2D eigenvalue weighted by atomic mass is 10.2. The first-order chi connectivity index (χ1) is 8.55. The van der Waals surface area contributed by atoms with Gasteiger partial charge in [0.05, 0.1) is 19.6 Å². The summed E-state index contributed by atoms with van der Waals surface area (Å²) >= 11 is 5.65. The number of carbonyl (C=O) groups is 1. The topological polar surface area (TPSA) is 106 Å². The van der Waals surface area contributed by atoms with E-state index < -0.39 is 12.1 Å². The number of nitrogens with one attached hydrogen (secondary N) is 1. The van der Waals surface area contributed by atoms with Crippen molar-refractivity contribution < 1.29 is 19.4 Å². The molecule has 0 amide bonds. The van der Waals surface area contributed by atoms with Gasteiger partial charge in [0.25, 0.3) is 0 Å². The molecule has 1 unspecified atom stereocenters. The highest BCUT2D eigenvalue weighted by molar-refractivity contribution is 6.28. The Balaban J connectivity index is 2.61. The summed E-state index contributed by atoms with van der Waals surface area (Å²) in [4.78, 5) is 22.0. The summed E-state index contributed by atoms with van der Waals surface area (Å²) in [6.45, 7) is 0.228. The molecule has 0 bridgehead atoms. The van der Waals surface area contributed by atoms with Gasteiger partial charge in [-0.25, -0.2) is 0 Å². The van der Waals surface area contributed by atoms with Crippen molar-refractivity contribution >= 4 is 23.5 Å². The Morgan fingerprint density at radius 2 is 2.17 bits per heavy atom. The molecule has 1 aromatic heterocycles. The number of hydrogen-bond acceptors (Lipinski definition) is 7. The van der Waals surface area contributed by atoms with E-state index >= 15 is 0 Å². The van der Waals surface area contributed by atoms with Crippen LogP contribution in [-0.4, -0.2) is 52.9 Å². The van der Waals surface area contributed by atoms with Gasteiger partial charge in [-0.05, 0) is 11.6 Å². The highest BCUT2D eigenvalue weighted by Crippen LogP contribution is 2.11. The molecule has 1 heterocycles. The second kappa shape index (κ2) is 6.92. The van der Waals surface area contributed by atoms with E-state index in [-0.39, 0.29) is 30.2 Å². The summed E-state index contributed by atoms with van der Waals surface area (Å²) in [5.41, 5.74) is 0. The molecule has 9 heteroatoms. The van der Waals surface area contributed by atoms with E-state index in [4.69, 9.17) is 26.2 Å². The molecule has 0 aliphatic rings. The van der Waals surface area contributed by atoms with Crippen molar-refractivity contribution in [2.45, 2.75) is 12.5 Å². The van der Waals surface area contributed by atoms with Gasteiger partial charge in [-0.3, -0.25) is 4.79 Å². The van der Waals surface area contributed by atoms with Crippen LogP contribution in [-0.2, 0) is 9.53 Å². The fourth-order valence-corrected chi connectivity index (χ4v) is 1.29. The Hall–Kier alpha value is -1.67. The molecule has 0 saturated heterocycles. The monoisotopic (exact) mass is 276 g/mol. The molecule has 2 N–H and O–H groups in total. The second-order valence-electron chi connectivity index (χ2n) is 3.25. The van der Waals surface area contributed by atoms with Gasteiger partial charge in [-0.2, -0.15) is 15.0 Å². The number of methoxy groups -OCH3 is 2. The van der Waals surface area contributed by atoms with Crippen LogP contribution in [0, 0.1) is 0 Å². The number of carboxylic acids is 1. The van der Waals surface area contributed by atoms with Crippen molar-refractivity contribution in [3.63, 3.8) is 0 Å². The summed E-state index contributed by atoms with van der Waals surface area (Å²) in [5.74, 6) is -0.755. The average molecular weight is 277 g/mol. The molecular weight excluding hydrogens is 264 g/mol. The minimum Gasteiger partial charge on any atom is -0.481 e. The van der Waals surface area contributed by atoms with Crippen LogP contribution < -0.4 is 10.1 Å². The molecule has 0 aromatic carbocycles. The summed E-state index contributed by atoms with van der Waals surface area (Å²) in [6, 6.07) is 0.0738. The van der Waals surface area contributed by atoms with Crippen molar-refractivity contribution in [3.8, 4) is 6.01 Å². The quantitative estimate of drug-likeness (QED) is 0.738. The van der Waals surface area contributed by atoms with Gasteiger partial charge in [-0.1, -0.05) is 0 Å². The van der Waals surface area contributed by atoms with Gasteiger partial charge in [-0.15, -0.1) is 0 Å². The van der Waals surface area contributed by atoms with Crippen LogP contribution in [0.4, 0.5) is 5.95 Å². The van der Waals surface area contributed by atoms with E-state index in [1.54, 1.807) is 0 Å². The van der Waals surface area contributed by atoms with Crippen molar-refractivity contribution in [1.29, 1.82) is 0 Å². The number of rotatable bonds is 7. The zero-order valence-corrected chi connectivity index (χ0v) is 10.6. The maximum absolute atomic E-state index is 10.5. The molecule has 1 rings (SSSR count). The molecule has 1 aromatic rings. The molecule has 0 radical (unpaired) electrons. The largest absolute Gasteiger partial charge is 0.481 e. The highest BCUT2D eigenvalue weighted by atomic mass is 35.5. The van der Waals surface area contributed by atoms with Crippen LogP contribution in [0.3, 0.4) is 0 Å². The minimum atomic E-state index is -0.949. The van der Waals surface area contributed by atoms with Crippen molar-refractivity contribution in [2.24, 2.45) is 0 Å². The summed E-state index contributed by atoms with van der Waals surface area (Å²) in [6.07, 6.45) is -0.622. The maximum atomic E-state index is 10.5. The van der Waals surface area contributed by atoms with E-state index in [0.29, 0.717) is 0 Å². The van der Waals surface area contributed by atoms with Crippen molar-refractivity contribution in [2.75, 3.05) is 26.1 Å². The second-order valence-corrected chi connectivity index (χ2v) is 3.59. The number of anilines is 1. The molecule has 0 aliphatic heterocycles. The number of carboxylic acid groups (broad SMARTS) is 1. The third kappa shape index (κ3) is 4.68. The molecule has 1 atom stereocenters. The van der Waals surface area contributed by atoms with Crippen LogP contribution in [0.15, 0.2) is 0 Å². The van der Waals surface area contributed by atoms with E-state index in [1.807, 2.05) is 0 Å². The zero-order chi connectivity index (χ0) is 13.5. The van der Waals surface area contributed by atoms with Crippen LogP contribution in [0.5, 0.6) is 6.01 Å². The van der Waals surface area contributed by atoms with Gasteiger partial charge in [0.2, 0.25) is 11.2 Å². The number of halogens is 1. The highest BCUT2D eigenvalue weighted by Gasteiger charge is 2.13. The Kier molecular flexibility index (Phi) is 5.53. The lowest BCUT2D eigenvalue weighted by Crippen LogP contribution is -2.25. The first-order valence-corrected chi connectivity index (χ1v) is 5.37. The summed E-state index contributed by atoms with van der Waals surface area (Å²) < 4.78 is 9.81. The van der Waals surface area contributed by atoms with Crippen LogP contribution in [0.2, 0.25) is 5.28 Å². The lowest BCUT2D eigenvalue weighted by Gasteiger charge is -2.13. The lowest BCUT2D eigenvalue weighted by molar-refractivity contribution is -0.139. The molecule has 0 saturated carbocycles. The number of aromatic nitrogens is 3. The van der Waals surface area contributed by atoms with Crippen LogP contribution in [0.1, 0.15) is 6.42 Å². The van der Waals surface area contributed by atoms with Crippen molar-refractivity contribution in [3.05, 3.63) is 5.28 Å². The molecule has 0 fully saturated rings. The van der Waals surface area contributed by atoms with Gasteiger partial charge in [0.1, 0.15) is 0 Å². The van der Waals surface area contributed by atoms with Gasteiger partial charge in [0, 0.05) is 13.7 Å². The predicted molar refractivity (Wildman–Crippen MR) is 62.9 cm³/mol. The SMILES string of the molecule is COc1nc(Cl)nc(NCC(CC(=O)O)OC)n1. The average Bonchev–Trinajstić information content (AvgIpc) is 2.33. The normalized spacial score (nSPS) is 11.9. The Morgan fingerprint density at radius 3 is 2.72 bits per heavy atom. The standard InChI is InChI=1S/C9H13ClN4O4/c1-17-5(3-6(15)16)4-11-8-12-7(10)13-9(14-8)18-2/h5H,3-4H2,1-2H3,(H,15,16)(H,11,12,13,14). The molecule has 100 valence electrons. The molecular formula is C9H13ClN4O4. The van der Waals surface area contributed by atoms with Gasteiger partial charge in [0.15, 0.2) is 0 Å². The molecule has 0 spiro atoms. The summed E-state index contributed by atoms with van der Waals surface area (Å²) in [7, 11) is 2.83. The molecule has 8 nitrogen and oxygen atoms in total. The Bertz CT molecular complexity index is 418. The minimum absolute atomic E-state index is 0.0171. The van der Waals surface area contributed by atoms with Crippen molar-refractivity contribution in [1.82, 2.24) is 15.0 Å². The smallest absolute Gasteiger partial charge is 0.322 e. The number of ether oxygens (including phenoxy) is 2. The van der Waals surface area contributed by atoms with Gasteiger partial charge >= 0.3 is 12.0 Å². The van der Waals surface area contributed by atoms with Gasteiger partial charge < -0.3 is 19.9 Å². The van der Waals surface area contributed by atoms with Crippen LogP contribution >= 0.6 is 11.6 Å². The van der Waals surface area contributed by atoms with E-state index in [0.717, 1.165) is 0 Å². The Labute approximate surface area is 108 Å². The number of hydrogen-bond donors (Lipinski definition) is 2. The number of aliphatic carboxylic acids is 1. The van der Waals surface area contributed by atoms with E-state index in [1.165, 1.54) is 14.2 Å². The first-order valence-electron chi connectivity index (χ1n) is 4.99.